The number of nitrogens with one attached hydrogen (secondary N) is 1. The third-order valence-electron chi connectivity index (χ3n) is 5.98. The van der Waals surface area contributed by atoms with Crippen molar-refractivity contribution in [3.63, 3.8) is 0 Å². The number of quaternary nitrogens is 1. The molecule has 7 heteroatoms. The van der Waals surface area contributed by atoms with Gasteiger partial charge in [-0.1, -0.05) is 13.8 Å². The molecule has 3 rings (SSSR count). The number of carbonyl (C=O) groups is 2. The minimum Gasteiger partial charge on any atom is -0.507 e. The van der Waals surface area contributed by atoms with Crippen molar-refractivity contribution in [2.24, 2.45) is 5.92 Å². The van der Waals surface area contributed by atoms with E-state index in [9.17, 15) is 14.7 Å². The van der Waals surface area contributed by atoms with Crippen molar-refractivity contribution < 1.29 is 24.3 Å². The number of pyridine rings is 1. The summed E-state index contributed by atoms with van der Waals surface area (Å²) in [7, 11) is 0. The summed E-state index contributed by atoms with van der Waals surface area (Å²) in [5.41, 5.74) is 1.33. The zero-order valence-electron chi connectivity index (χ0n) is 19.9. The number of rotatable bonds is 10. The Morgan fingerprint density at radius 2 is 1.73 bits per heavy atom. The van der Waals surface area contributed by atoms with Gasteiger partial charge in [-0.25, -0.2) is 0 Å². The van der Waals surface area contributed by atoms with Crippen LogP contribution in [0, 0.1) is 5.92 Å². The second-order valence-corrected chi connectivity index (χ2v) is 8.71. The van der Waals surface area contributed by atoms with Gasteiger partial charge < -0.3 is 19.6 Å². The van der Waals surface area contributed by atoms with Crippen molar-refractivity contribution in [1.29, 1.82) is 0 Å². The van der Waals surface area contributed by atoms with Crippen molar-refractivity contribution >= 4 is 17.4 Å². The van der Waals surface area contributed by atoms with E-state index in [-0.39, 0.29) is 11.3 Å². The molecule has 1 aromatic heterocycles. The SMILES string of the molecule is CC[NH+](CC)CCN1C(=O)C(=O)/C(=C(\O)c2ccc(OCC(C)C)cc2)[C@@H]1c1ccncc1. The Morgan fingerprint density at radius 3 is 2.30 bits per heavy atom. The van der Waals surface area contributed by atoms with E-state index in [1.54, 1.807) is 53.7 Å². The smallest absolute Gasteiger partial charge is 0.295 e. The number of Topliss-reactive ketones (excluding diaryl/α,β-unsaturated/α-hetero) is 1. The molecule has 33 heavy (non-hydrogen) atoms. The van der Waals surface area contributed by atoms with Crippen molar-refractivity contribution in [3.05, 3.63) is 65.5 Å². The molecule has 1 aromatic carbocycles. The average Bonchev–Trinajstić information content (AvgIpc) is 3.08. The summed E-state index contributed by atoms with van der Waals surface area (Å²) in [6, 6.07) is 9.86. The lowest BCUT2D eigenvalue weighted by atomic mass is 9.96. The number of hydrogen-bond acceptors (Lipinski definition) is 5. The van der Waals surface area contributed by atoms with Crippen molar-refractivity contribution in [2.45, 2.75) is 33.7 Å². The number of likely N-dealkylation sites (N-methyl/N-ethyl adjacent to an activating group) is 1. The van der Waals surface area contributed by atoms with Gasteiger partial charge >= 0.3 is 0 Å². The normalized spacial score (nSPS) is 17.9. The van der Waals surface area contributed by atoms with Crippen LogP contribution < -0.4 is 9.64 Å². The number of amides is 1. The standard InChI is InChI=1S/C26H33N3O4/c1-5-28(6-2)15-16-29-23(19-11-13-27-14-12-19)22(25(31)26(29)32)24(30)20-7-9-21(10-8-20)33-17-18(3)4/h7-14,18,23,30H,5-6,15-17H2,1-4H3/p+1/b24-22-/t23-/m0/s1. The molecule has 2 N–H and O–H groups in total. The Labute approximate surface area is 195 Å². The summed E-state index contributed by atoms with van der Waals surface area (Å²) in [6.07, 6.45) is 3.26. The lowest BCUT2D eigenvalue weighted by Crippen LogP contribution is -3.12. The predicted octanol–water partition coefficient (Wildman–Crippen LogP) is 2.46. The molecule has 0 unspecified atom stereocenters. The van der Waals surface area contributed by atoms with Gasteiger partial charge in [0.15, 0.2) is 0 Å². The molecular weight excluding hydrogens is 418 g/mol. The van der Waals surface area contributed by atoms with Gasteiger partial charge in [0.05, 0.1) is 44.4 Å². The molecule has 0 spiro atoms. The van der Waals surface area contributed by atoms with Crippen LogP contribution in [0.15, 0.2) is 54.4 Å². The monoisotopic (exact) mass is 452 g/mol. The molecule has 1 fully saturated rings. The van der Waals surface area contributed by atoms with Crippen LogP contribution >= 0.6 is 0 Å². The Morgan fingerprint density at radius 1 is 1.09 bits per heavy atom. The molecule has 1 aliphatic rings. The highest BCUT2D eigenvalue weighted by Gasteiger charge is 2.46. The number of hydrogen-bond donors (Lipinski definition) is 2. The van der Waals surface area contributed by atoms with Gasteiger partial charge in [-0.3, -0.25) is 14.6 Å². The minimum absolute atomic E-state index is 0.108. The van der Waals surface area contributed by atoms with Crippen LogP contribution in [0.2, 0.25) is 0 Å². The molecule has 1 atom stereocenters. The Kier molecular flexibility index (Phi) is 8.22. The minimum atomic E-state index is -0.663. The summed E-state index contributed by atoms with van der Waals surface area (Å²) >= 11 is 0. The van der Waals surface area contributed by atoms with Gasteiger partial charge in [-0.05, 0) is 61.7 Å². The largest absolute Gasteiger partial charge is 0.507 e. The van der Waals surface area contributed by atoms with Crippen LogP contribution in [0.25, 0.3) is 5.76 Å². The van der Waals surface area contributed by atoms with Crippen LogP contribution in [-0.4, -0.2) is 59.5 Å². The predicted molar refractivity (Wildman–Crippen MR) is 127 cm³/mol. The summed E-state index contributed by atoms with van der Waals surface area (Å²) in [5.74, 6) is -0.338. The molecule has 7 nitrogen and oxygen atoms in total. The summed E-state index contributed by atoms with van der Waals surface area (Å²) < 4.78 is 5.71. The van der Waals surface area contributed by atoms with Gasteiger partial charge in [0.2, 0.25) is 0 Å². The number of aliphatic hydroxyl groups excluding tert-OH is 1. The Hall–Kier alpha value is -3.19. The first-order valence-electron chi connectivity index (χ1n) is 11.6. The third-order valence-corrected chi connectivity index (χ3v) is 5.98. The van der Waals surface area contributed by atoms with E-state index in [1.807, 2.05) is 0 Å². The fraction of sp³-hybridized carbons (Fsp3) is 0.423. The molecule has 1 aliphatic heterocycles. The maximum atomic E-state index is 13.1. The Bertz CT molecular complexity index is 982. The van der Waals surface area contributed by atoms with Crippen LogP contribution in [0.4, 0.5) is 0 Å². The van der Waals surface area contributed by atoms with Crippen LogP contribution in [0.1, 0.15) is 44.9 Å². The number of aliphatic hydroxyl groups is 1. The fourth-order valence-electron chi connectivity index (χ4n) is 4.01. The maximum absolute atomic E-state index is 13.1. The second-order valence-electron chi connectivity index (χ2n) is 8.71. The molecule has 0 radical (unpaired) electrons. The maximum Gasteiger partial charge on any atom is 0.295 e. The van der Waals surface area contributed by atoms with E-state index in [0.29, 0.717) is 30.4 Å². The van der Waals surface area contributed by atoms with Crippen molar-refractivity contribution in [3.8, 4) is 5.75 Å². The second kappa shape index (κ2) is 11.1. The van der Waals surface area contributed by atoms with E-state index in [2.05, 4.69) is 32.7 Å². The molecule has 0 bridgehead atoms. The first-order chi connectivity index (χ1) is 15.9. The number of carbonyl (C=O) groups excluding carboxylic acids is 2. The van der Waals surface area contributed by atoms with Gasteiger partial charge in [-0.15, -0.1) is 0 Å². The van der Waals surface area contributed by atoms with Gasteiger partial charge in [0, 0.05) is 18.0 Å². The number of likely N-dealkylation sites (tertiary alicyclic amines) is 1. The molecule has 0 aliphatic carbocycles. The van der Waals surface area contributed by atoms with E-state index in [0.717, 1.165) is 25.2 Å². The average molecular weight is 453 g/mol. The van der Waals surface area contributed by atoms with Crippen LogP contribution in [0.3, 0.4) is 0 Å². The molecule has 0 saturated carbocycles. The molecule has 1 saturated heterocycles. The highest BCUT2D eigenvalue weighted by atomic mass is 16.5. The molecule has 1 amide bonds. The zero-order chi connectivity index (χ0) is 24.0. The fourth-order valence-corrected chi connectivity index (χ4v) is 4.01. The van der Waals surface area contributed by atoms with Crippen molar-refractivity contribution in [1.82, 2.24) is 9.88 Å². The zero-order valence-corrected chi connectivity index (χ0v) is 19.9. The Balaban J connectivity index is 1.98. The summed E-state index contributed by atoms with van der Waals surface area (Å²) in [6.45, 7) is 11.9. The number of ketones is 1. The highest BCUT2D eigenvalue weighted by molar-refractivity contribution is 6.46. The molecular formula is C26H34N3O4+. The third kappa shape index (κ3) is 5.60. The topological polar surface area (TPSA) is 84.2 Å². The summed E-state index contributed by atoms with van der Waals surface area (Å²) in [4.78, 5) is 33.1. The number of ether oxygens (including phenoxy) is 1. The quantitative estimate of drug-likeness (QED) is 0.329. The first kappa shape index (κ1) is 24.5. The number of benzene rings is 1. The molecule has 2 heterocycles. The van der Waals surface area contributed by atoms with Crippen LogP contribution in [0.5, 0.6) is 5.75 Å². The number of nitrogens with zero attached hydrogens (tertiary/aromatic N) is 2. The van der Waals surface area contributed by atoms with E-state index >= 15 is 0 Å². The molecule has 176 valence electrons. The van der Waals surface area contributed by atoms with E-state index in [1.165, 1.54) is 4.90 Å². The lowest BCUT2D eigenvalue weighted by Gasteiger charge is -2.26. The van der Waals surface area contributed by atoms with Crippen LogP contribution in [-0.2, 0) is 9.59 Å². The highest BCUT2D eigenvalue weighted by Crippen LogP contribution is 2.39. The number of aromatic nitrogens is 1. The van der Waals surface area contributed by atoms with Gasteiger partial charge in [-0.2, -0.15) is 0 Å². The van der Waals surface area contributed by atoms with Gasteiger partial charge in [0.1, 0.15) is 11.5 Å². The lowest BCUT2D eigenvalue weighted by molar-refractivity contribution is -0.895. The van der Waals surface area contributed by atoms with E-state index < -0.39 is 17.7 Å². The molecule has 2 aromatic rings. The summed E-state index contributed by atoms with van der Waals surface area (Å²) in [5, 5.41) is 11.2. The van der Waals surface area contributed by atoms with E-state index in [4.69, 9.17) is 4.74 Å². The van der Waals surface area contributed by atoms with Gasteiger partial charge in [0.25, 0.3) is 11.7 Å². The van der Waals surface area contributed by atoms with Crippen molar-refractivity contribution in [2.75, 3.05) is 32.8 Å². The first-order valence-corrected chi connectivity index (χ1v) is 11.6.